The van der Waals surface area contributed by atoms with Crippen LogP contribution < -0.4 is 5.73 Å². The molecule has 0 bridgehead atoms. The molecule has 27 heavy (non-hydrogen) atoms. The van der Waals surface area contributed by atoms with Gasteiger partial charge in [-0.05, 0) is 52.0 Å². The van der Waals surface area contributed by atoms with Gasteiger partial charge in [0.15, 0.2) is 0 Å². The van der Waals surface area contributed by atoms with Gasteiger partial charge in [0.2, 0.25) is 0 Å². The number of aromatic nitrogens is 3. The molecule has 0 aliphatic carbocycles. The van der Waals surface area contributed by atoms with Crippen LogP contribution in [-0.4, -0.2) is 39.6 Å². The average molecular weight is 361 g/mol. The van der Waals surface area contributed by atoms with E-state index >= 15 is 0 Å². The lowest BCUT2D eigenvalue weighted by Crippen LogP contribution is -2.30. The minimum Gasteiger partial charge on any atom is -0.397 e. The van der Waals surface area contributed by atoms with Crippen LogP contribution in [0.2, 0.25) is 0 Å². The number of nitrogens with one attached hydrogen (secondary N) is 1. The van der Waals surface area contributed by atoms with Crippen LogP contribution in [0.3, 0.4) is 0 Å². The minimum absolute atomic E-state index is 0.425. The van der Waals surface area contributed by atoms with Crippen molar-refractivity contribution in [3.8, 4) is 11.4 Å². The second-order valence-electron chi connectivity index (χ2n) is 7.39. The number of aromatic amines is 1. The molecule has 0 atom stereocenters. The van der Waals surface area contributed by atoms with Gasteiger partial charge in [-0.15, -0.1) is 0 Å². The number of hydrogen-bond donors (Lipinski definition) is 2. The fourth-order valence-corrected chi connectivity index (χ4v) is 4.00. The molecular weight excluding hydrogens is 334 g/mol. The van der Waals surface area contributed by atoms with Crippen molar-refractivity contribution >= 4 is 22.8 Å². The molecule has 5 nitrogen and oxygen atoms in total. The van der Waals surface area contributed by atoms with Crippen molar-refractivity contribution in [3.05, 3.63) is 54.5 Å². The molecule has 0 saturated carbocycles. The minimum atomic E-state index is 0.425. The summed E-state index contributed by atoms with van der Waals surface area (Å²) in [6.45, 7) is 8.24. The van der Waals surface area contributed by atoms with E-state index in [-0.39, 0.29) is 0 Å². The molecule has 5 heteroatoms. The lowest BCUT2D eigenvalue weighted by Gasteiger charge is -2.28. The Labute approximate surface area is 160 Å². The van der Waals surface area contributed by atoms with Crippen molar-refractivity contribution in [1.82, 2.24) is 19.4 Å². The number of fused-ring (bicyclic) bond motifs is 1. The van der Waals surface area contributed by atoms with Gasteiger partial charge in [-0.1, -0.05) is 30.9 Å². The van der Waals surface area contributed by atoms with Gasteiger partial charge in [-0.25, -0.2) is 4.98 Å². The summed E-state index contributed by atoms with van der Waals surface area (Å²) < 4.78 is 2.14. The number of piperidine rings is 1. The van der Waals surface area contributed by atoms with Crippen LogP contribution in [0.15, 0.2) is 43.0 Å². The number of H-pyrrole nitrogens is 1. The zero-order valence-electron chi connectivity index (χ0n) is 16.1. The zero-order valence-corrected chi connectivity index (χ0v) is 16.1. The molecule has 1 aromatic carbocycles. The highest BCUT2D eigenvalue weighted by Crippen LogP contribution is 2.35. The van der Waals surface area contributed by atoms with E-state index in [9.17, 15) is 0 Å². The second kappa shape index (κ2) is 7.08. The van der Waals surface area contributed by atoms with E-state index < -0.39 is 0 Å². The third-order valence-electron chi connectivity index (χ3n) is 5.41. The molecule has 0 spiro atoms. The first-order chi connectivity index (χ1) is 13.1. The average Bonchev–Trinajstić information content (AvgIpc) is 3.24. The van der Waals surface area contributed by atoms with Crippen LogP contribution in [0.5, 0.6) is 0 Å². The maximum absolute atomic E-state index is 6.23. The van der Waals surface area contributed by atoms with Crippen LogP contribution in [0.1, 0.15) is 37.2 Å². The van der Waals surface area contributed by atoms with Crippen molar-refractivity contribution in [2.24, 2.45) is 5.73 Å². The summed E-state index contributed by atoms with van der Waals surface area (Å²) in [4.78, 5) is 11.0. The number of rotatable bonds is 4. The number of likely N-dealkylation sites (tertiary alicyclic amines) is 1. The van der Waals surface area contributed by atoms with Gasteiger partial charge in [-0.3, -0.25) is 0 Å². The van der Waals surface area contributed by atoms with Crippen LogP contribution in [0.25, 0.3) is 34.2 Å². The van der Waals surface area contributed by atoms with Gasteiger partial charge >= 0.3 is 0 Å². The largest absolute Gasteiger partial charge is 0.397 e. The fourth-order valence-electron chi connectivity index (χ4n) is 4.00. The van der Waals surface area contributed by atoms with E-state index in [2.05, 4.69) is 52.5 Å². The van der Waals surface area contributed by atoms with E-state index in [1.807, 2.05) is 25.1 Å². The van der Waals surface area contributed by atoms with Crippen molar-refractivity contribution in [2.75, 3.05) is 20.1 Å². The van der Waals surface area contributed by atoms with Crippen LogP contribution >= 0.6 is 0 Å². The molecule has 0 unspecified atom stereocenters. The quantitative estimate of drug-likeness (QED) is 0.730. The Morgan fingerprint density at radius 3 is 2.70 bits per heavy atom. The summed E-state index contributed by atoms with van der Waals surface area (Å²) in [6, 6.07) is 10.4. The maximum atomic E-state index is 6.23. The van der Waals surface area contributed by atoms with Crippen molar-refractivity contribution in [2.45, 2.75) is 25.7 Å². The molecular formula is C22H27N5. The number of imidazole rings is 1. The summed E-state index contributed by atoms with van der Waals surface area (Å²) in [5, 5.41) is 1.17. The van der Waals surface area contributed by atoms with Crippen LogP contribution in [0, 0.1) is 0 Å². The summed E-state index contributed by atoms with van der Waals surface area (Å²) in [7, 11) is 2.18. The van der Waals surface area contributed by atoms with Crippen LogP contribution in [0.4, 0.5) is 0 Å². The first-order valence-corrected chi connectivity index (χ1v) is 9.55. The highest BCUT2D eigenvalue weighted by Gasteiger charge is 2.27. The standard InChI is InChI=1S/C22H27N5/c1-4-11-27-21(15(2)23)20(19-14-17-7-5-6-8-18(17)24-19)25-22(27)16-9-12-26(3)13-10-16/h4-8,11,14,16,24H,2,9-10,12-13,23H2,1,3H3/b11-4-. The van der Waals surface area contributed by atoms with Gasteiger partial charge in [0, 0.05) is 23.0 Å². The highest BCUT2D eigenvalue weighted by atomic mass is 15.1. The summed E-state index contributed by atoms with van der Waals surface area (Å²) in [6.07, 6.45) is 6.29. The Bertz CT molecular complexity index is 966. The first-order valence-electron chi connectivity index (χ1n) is 9.55. The smallest absolute Gasteiger partial charge is 0.117 e. The molecule has 0 amide bonds. The van der Waals surface area contributed by atoms with Crippen molar-refractivity contribution in [1.29, 1.82) is 0 Å². The Kier molecular flexibility index (Phi) is 4.62. The normalized spacial score (nSPS) is 16.5. The van der Waals surface area contributed by atoms with Crippen molar-refractivity contribution in [3.63, 3.8) is 0 Å². The number of para-hydroxylation sites is 1. The highest BCUT2D eigenvalue weighted by molar-refractivity contribution is 5.87. The van der Waals surface area contributed by atoms with E-state index in [0.717, 1.165) is 54.4 Å². The predicted octanol–water partition coefficient (Wildman–Crippen LogP) is 4.26. The predicted molar refractivity (Wildman–Crippen MR) is 113 cm³/mol. The molecule has 1 aliphatic rings. The topological polar surface area (TPSA) is 62.9 Å². The zero-order chi connectivity index (χ0) is 19.0. The number of nitrogens with two attached hydrogens (primary N) is 1. The third-order valence-corrected chi connectivity index (χ3v) is 5.41. The van der Waals surface area contributed by atoms with E-state index in [1.54, 1.807) is 0 Å². The number of nitrogens with zero attached hydrogens (tertiary/aromatic N) is 3. The summed E-state index contributed by atoms with van der Waals surface area (Å²) in [5.41, 5.74) is 10.6. The molecule has 140 valence electrons. The lowest BCUT2D eigenvalue weighted by molar-refractivity contribution is 0.250. The first kappa shape index (κ1) is 17.6. The van der Waals surface area contributed by atoms with E-state index in [1.165, 1.54) is 5.39 Å². The molecule has 3 heterocycles. The molecule has 1 aliphatic heterocycles. The van der Waals surface area contributed by atoms with Crippen LogP contribution in [-0.2, 0) is 0 Å². The van der Waals surface area contributed by atoms with Crippen molar-refractivity contribution < 1.29 is 0 Å². The molecule has 3 aromatic rings. The van der Waals surface area contributed by atoms with E-state index in [0.29, 0.717) is 11.6 Å². The molecule has 2 aromatic heterocycles. The molecule has 1 fully saturated rings. The Morgan fingerprint density at radius 1 is 1.30 bits per heavy atom. The number of hydrogen-bond acceptors (Lipinski definition) is 3. The summed E-state index contributed by atoms with van der Waals surface area (Å²) in [5.74, 6) is 1.50. The van der Waals surface area contributed by atoms with Gasteiger partial charge in [0.25, 0.3) is 0 Å². The molecule has 3 N–H and O–H groups in total. The molecule has 4 rings (SSSR count). The molecule has 0 radical (unpaired) electrons. The Hall–Kier alpha value is -2.79. The summed E-state index contributed by atoms with van der Waals surface area (Å²) >= 11 is 0. The number of allylic oxidation sites excluding steroid dienone is 1. The fraction of sp³-hybridized carbons (Fsp3) is 0.318. The third kappa shape index (κ3) is 3.19. The lowest BCUT2D eigenvalue weighted by atomic mass is 9.96. The monoisotopic (exact) mass is 361 g/mol. The van der Waals surface area contributed by atoms with Gasteiger partial charge in [-0.2, -0.15) is 0 Å². The van der Waals surface area contributed by atoms with Gasteiger partial charge in [0.05, 0.1) is 17.1 Å². The van der Waals surface area contributed by atoms with Gasteiger partial charge in [0.1, 0.15) is 11.5 Å². The number of benzene rings is 1. The SMILES string of the molecule is C=C(N)c1c(-c2cc3ccccc3[nH]2)nc(C2CCN(C)CC2)n1/C=C\C. The molecule has 1 saturated heterocycles. The maximum Gasteiger partial charge on any atom is 0.117 e. The van der Waals surface area contributed by atoms with E-state index in [4.69, 9.17) is 10.7 Å². The second-order valence-corrected chi connectivity index (χ2v) is 7.39. The Morgan fingerprint density at radius 2 is 2.04 bits per heavy atom. The Balaban J connectivity index is 1.87. The van der Waals surface area contributed by atoms with Gasteiger partial charge < -0.3 is 20.2 Å².